The summed E-state index contributed by atoms with van der Waals surface area (Å²) in [5.74, 6) is -3.53. The number of aromatic nitrogens is 8. The van der Waals surface area contributed by atoms with Crippen molar-refractivity contribution in [3.63, 3.8) is 0 Å². The minimum absolute atomic E-state index is 0.00497. The van der Waals surface area contributed by atoms with Gasteiger partial charge in [0.15, 0.2) is 17.0 Å². The number of carbonyl (C=O) groups excluding carboxylic acids is 2. The number of alkyl halides is 2. The largest absolute Gasteiger partial charge is 0.340 e. The molecule has 218 valence electrons. The highest BCUT2D eigenvalue weighted by atomic mass is 19.3. The Morgan fingerprint density at radius 2 is 1.88 bits per heavy atom. The molecule has 0 radical (unpaired) electrons. The van der Waals surface area contributed by atoms with Gasteiger partial charge in [-0.2, -0.15) is 0 Å². The number of Topliss-reactive ketones (excluding diaryl/α,β-unsaturated/α-hetero) is 1. The SMILES string of the molecule is CC(=O)Cn1c(=O)c2c(ncn2[C@@H](C)C(=O)Nc2ccnc(-c3cnc(N4CC5C(F)(F)C5(C)C4)nc3)n2)n(C)c1=O. The fourth-order valence-corrected chi connectivity index (χ4v) is 5.51. The summed E-state index contributed by atoms with van der Waals surface area (Å²) >= 11 is 0. The Hall–Kier alpha value is -4.89. The molecule has 4 aromatic rings. The number of aryl methyl sites for hydroxylation is 1. The highest BCUT2D eigenvalue weighted by Crippen LogP contribution is 2.69. The third kappa shape index (κ3) is 4.08. The Morgan fingerprint density at radius 3 is 2.52 bits per heavy atom. The van der Waals surface area contributed by atoms with Gasteiger partial charge in [-0.25, -0.2) is 38.5 Å². The van der Waals surface area contributed by atoms with Gasteiger partial charge in [0.2, 0.25) is 11.9 Å². The topological polar surface area (TPSA) is 163 Å². The lowest BCUT2D eigenvalue weighted by atomic mass is 10.1. The summed E-state index contributed by atoms with van der Waals surface area (Å²) in [6.45, 7) is 4.33. The van der Waals surface area contributed by atoms with Crippen molar-refractivity contribution < 1.29 is 18.4 Å². The van der Waals surface area contributed by atoms with Crippen LogP contribution in [0.15, 0.2) is 40.6 Å². The number of hydrogen-bond donors (Lipinski definition) is 1. The molecule has 2 aliphatic rings. The first-order valence-corrected chi connectivity index (χ1v) is 13.1. The van der Waals surface area contributed by atoms with Crippen molar-refractivity contribution in [2.24, 2.45) is 18.4 Å². The minimum atomic E-state index is -2.66. The minimum Gasteiger partial charge on any atom is -0.340 e. The van der Waals surface area contributed by atoms with Crippen molar-refractivity contribution in [2.45, 2.75) is 39.3 Å². The van der Waals surface area contributed by atoms with Crippen molar-refractivity contribution >= 4 is 34.6 Å². The van der Waals surface area contributed by atoms with Crippen LogP contribution in [0.2, 0.25) is 0 Å². The Morgan fingerprint density at radius 1 is 1.17 bits per heavy atom. The average Bonchev–Trinajstić information content (AvgIpc) is 3.37. The second-order valence-electron chi connectivity index (χ2n) is 10.9. The number of amides is 1. The molecule has 16 heteroatoms. The summed E-state index contributed by atoms with van der Waals surface area (Å²) < 4.78 is 31.0. The van der Waals surface area contributed by atoms with E-state index in [0.29, 0.717) is 11.5 Å². The van der Waals surface area contributed by atoms with E-state index < -0.39 is 47.0 Å². The van der Waals surface area contributed by atoms with Crippen LogP contribution >= 0.6 is 0 Å². The molecule has 1 aliphatic carbocycles. The number of nitrogens with one attached hydrogen (secondary N) is 1. The smallest absolute Gasteiger partial charge is 0.332 e. The van der Waals surface area contributed by atoms with E-state index in [4.69, 9.17) is 0 Å². The molecule has 4 aromatic heterocycles. The number of fused-ring (bicyclic) bond motifs is 2. The van der Waals surface area contributed by atoms with Gasteiger partial charge in [-0.05, 0) is 19.9 Å². The molecule has 3 atom stereocenters. The van der Waals surface area contributed by atoms with Gasteiger partial charge < -0.3 is 14.8 Å². The number of ketones is 1. The van der Waals surface area contributed by atoms with E-state index >= 15 is 0 Å². The predicted molar refractivity (Wildman–Crippen MR) is 145 cm³/mol. The summed E-state index contributed by atoms with van der Waals surface area (Å²) in [5, 5.41) is 2.68. The molecule has 14 nitrogen and oxygen atoms in total. The summed E-state index contributed by atoms with van der Waals surface area (Å²) in [5.41, 5.74) is -1.95. The van der Waals surface area contributed by atoms with Gasteiger partial charge >= 0.3 is 5.69 Å². The van der Waals surface area contributed by atoms with Gasteiger partial charge in [0.25, 0.3) is 11.5 Å². The second kappa shape index (κ2) is 9.32. The molecule has 0 bridgehead atoms. The normalized spacial score (nSPS) is 21.3. The first-order chi connectivity index (χ1) is 19.8. The van der Waals surface area contributed by atoms with Crippen molar-refractivity contribution in [3.8, 4) is 11.4 Å². The molecule has 6 rings (SSSR count). The second-order valence-corrected chi connectivity index (χ2v) is 10.9. The van der Waals surface area contributed by atoms with Gasteiger partial charge in [0, 0.05) is 38.7 Å². The maximum absolute atomic E-state index is 13.9. The zero-order valence-electron chi connectivity index (χ0n) is 23.1. The van der Waals surface area contributed by atoms with Crippen molar-refractivity contribution in [3.05, 3.63) is 51.8 Å². The molecule has 5 heterocycles. The molecule has 1 saturated carbocycles. The van der Waals surface area contributed by atoms with Gasteiger partial charge in [-0.15, -0.1) is 0 Å². The quantitative estimate of drug-likeness (QED) is 0.334. The first-order valence-electron chi connectivity index (χ1n) is 13.1. The molecule has 1 amide bonds. The lowest BCUT2D eigenvalue weighted by Gasteiger charge is -2.21. The van der Waals surface area contributed by atoms with E-state index in [-0.39, 0.29) is 41.7 Å². The number of hydrogen-bond acceptors (Lipinski definition) is 10. The Bertz CT molecular complexity index is 1880. The summed E-state index contributed by atoms with van der Waals surface area (Å²) in [4.78, 5) is 73.6. The molecule has 2 fully saturated rings. The third-order valence-corrected chi connectivity index (χ3v) is 8.13. The maximum atomic E-state index is 13.9. The van der Waals surface area contributed by atoms with Crippen LogP contribution in [0, 0.1) is 11.3 Å². The number of piperidine rings is 1. The van der Waals surface area contributed by atoms with Crippen molar-refractivity contribution in [2.75, 3.05) is 23.3 Å². The average molecular weight is 581 g/mol. The van der Waals surface area contributed by atoms with Gasteiger partial charge in [-0.3, -0.25) is 23.5 Å². The molecule has 1 saturated heterocycles. The predicted octanol–water partition coefficient (Wildman–Crippen LogP) is 1.02. The Balaban J connectivity index is 1.20. The Labute approximate surface area is 236 Å². The van der Waals surface area contributed by atoms with Crippen LogP contribution in [-0.2, 0) is 23.2 Å². The molecule has 42 heavy (non-hydrogen) atoms. The highest BCUT2D eigenvalue weighted by Gasteiger charge is 2.81. The maximum Gasteiger partial charge on any atom is 0.332 e. The number of nitrogens with zero attached hydrogens (tertiary/aromatic N) is 9. The van der Waals surface area contributed by atoms with Crippen LogP contribution < -0.4 is 21.5 Å². The van der Waals surface area contributed by atoms with E-state index in [2.05, 4.69) is 30.2 Å². The van der Waals surface area contributed by atoms with Crippen LogP contribution in [-0.4, -0.2) is 69.3 Å². The van der Waals surface area contributed by atoms with E-state index in [1.54, 1.807) is 18.7 Å². The van der Waals surface area contributed by atoms with E-state index in [9.17, 15) is 28.0 Å². The lowest BCUT2D eigenvalue weighted by molar-refractivity contribution is -0.119. The number of anilines is 2. The van der Waals surface area contributed by atoms with Gasteiger partial charge in [0.05, 0.1) is 29.8 Å². The molecule has 0 spiro atoms. The lowest BCUT2D eigenvalue weighted by Crippen LogP contribution is -2.41. The van der Waals surface area contributed by atoms with Crippen molar-refractivity contribution in [1.29, 1.82) is 0 Å². The number of rotatable bonds is 7. The molecular weight excluding hydrogens is 554 g/mol. The zero-order chi connectivity index (χ0) is 30.1. The molecular formula is C26H26F2N10O4. The Kier molecular flexibility index (Phi) is 6.06. The van der Waals surface area contributed by atoms with Crippen LogP contribution in [0.25, 0.3) is 22.6 Å². The monoisotopic (exact) mass is 580 g/mol. The fourth-order valence-electron chi connectivity index (χ4n) is 5.51. The molecule has 1 aliphatic heterocycles. The van der Waals surface area contributed by atoms with Crippen LogP contribution in [0.5, 0.6) is 0 Å². The number of halogens is 2. The third-order valence-electron chi connectivity index (χ3n) is 8.13. The first kappa shape index (κ1) is 27.3. The summed E-state index contributed by atoms with van der Waals surface area (Å²) in [6, 6.07) is 0.531. The van der Waals surface area contributed by atoms with E-state index in [1.165, 1.54) is 49.5 Å². The van der Waals surface area contributed by atoms with Crippen LogP contribution in [0.3, 0.4) is 0 Å². The van der Waals surface area contributed by atoms with Gasteiger partial charge in [0.1, 0.15) is 17.6 Å². The van der Waals surface area contributed by atoms with Crippen LogP contribution in [0.4, 0.5) is 20.5 Å². The van der Waals surface area contributed by atoms with Crippen molar-refractivity contribution in [1.82, 2.24) is 38.6 Å². The summed E-state index contributed by atoms with van der Waals surface area (Å²) in [7, 11) is 1.42. The fraction of sp³-hybridized carbons (Fsp3) is 0.423. The highest BCUT2D eigenvalue weighted by molar-refractivity contribution is 5.93. The molecule has 0 aromatic carbocycles. The molecule has 2 unspecified atom stereocenters. The summed E-state index contributed by atoms with van der Waals surface area (Å²) in [6.07, 6.45) is 5.70. The van der Waals surface area contributed by atoms with Gasteiger partial charge in [-0.1, -0.05) is 6.92 Å². The van der Waals surface area contributed by atoms with E-state index in [1.807, 2.05) is 0 Å². The van der Waals surface area contributed by atoms with E-state index in [0.717, 1.165) is 9.13 Å². The number of imidazole rings is 1. The zero-order valence-corrected chi connectivity index (χ0v) is 23.1. The molecule has 1 N–H and O–H groups in total. The number of carbonyl (C=O) groups is 2. The standard InChI is InChI=1S/C26H26F2N10O4/c1-13(39)9-37-22(41)18-20(35(4)24(37)42)32-12-38(18)14(2)21(40)34-17-5-6-29-19(33-17)15-7-30-23(31-8-15)36-10-16-25(3,11-36)26(16,27)28/h5-8,12,14,16H,9-11H2,1-4H3,(H,29,33,34,40)/t14-,16?,25?/m0/s1. The van der Waals surface area contributed by atoms with Crippen LogP contribution in [0.1, 0.15) is 26.8 Å².